The predicted molar refractivity (Wildman–Crippen MR) is 74.2 cm³/mol. The van der Waals surface area contributed by atoms with Crippen LogP contribution < -0.4 is 10.3 Å². The van der Waals surface area contributed by atoms with Gasteiger partial charge in [0.05, 0.1) is 12.3 Å². The summed E-state index contributed by atoms with van der Waals surface area (Å²) in [5, 5.41) is 6.53. The molecule has 0 saturated carbocycles. The molecule has 0 fully saturated rings. The van der Waals surface area contributed by atoms with Gasteiger partial charge in [-0.2, -0.15) is 17.7 Å². The van der Waals surface area contributed by atoms with E-state index >= 15 is 0 Å². The van der Waals surface area contributed by atoms with E-state index < -0.39 is 0 Å². The van der Waals surface area contributed by atoms with Gasteiger partial charge < -0.3 is 4.74 Å². The van der Waals surface area contributed by atoms with Gasteiger partial charge in [0.15, 0.2) is 0 Å². The summed E-state index contributed by atoms with van der Waals surface area (Å²) in [6, 6.07) is 9.34. The molecule has 2 aromatic rings. The smallest absolute Gasteiger partial charge is 0.268 e. The molecule has 0 aliphatic rings. The van der Waals surface area contributed by atoms with Crippen molar-refractivity contribution in [1.82, 2.24) is 10.2 Å². The molecule has 0 amide bonds. The van der Waals surface area contributed by atoms with E-state index in [0.29, 0.717) is 23.6 Å². The van der Waals surface area contributed by atoms with Gasteiger partial charge in [-0.05, 0) is 25.1 Å². The van der Waals surface area contributed by atoms with Gasteiger partial charge in [0.25, 0.3) is 5.56 Å². The van der Waals surface area contributed by atoms with Crippen LogP contribution in [0.15, 0.2) is 35.1 Å². The summed E-state index contributed by atoms with van der Waals surface area (Å²) in [5.74, 6) is 1.13. The monoisotopic (exact) mass is 262 g/mol. The van der Waals surface area contributed by atoms with E-state index in [-0.39, 0.29) is 5.56 Å². The molecule has 4 nitrogen and oxygen atoms in total. The Morgan fingerprint density at radius 2 is 2.17 bits per heavy atom. The number of benzene rings is 1. The third kappa shape index (κ3) is 2.56. The van der Waals surface area contributed by atoms with Gasteiger partial charge in [-0.15, -0.1) is 0 Å². The first-order valence-corrected chi connectivity index (χ1v) is 6.31. The molecular weight excluding hydrogens is 248 g/mol. The molecule has 1 aromatic heterocycles. The fourth-order valence-corrected chi connectivity index (χ4v) is 1.90. The third-order valence-corrected chi connectivity index (χ3v) is 2.85. The maximum atomic E-state index is 11.4. The van der Waals surface area contributed by atoms with Crippen molar-refractivity contribution in [2.24, 2.45) is 0 Å². The van der Waals surface area contributed by atoms with E-state index in [1.165, 1.54) is 0 Å². The van der Waals surface area contributed by atoms with E-state index in [9.17, 15) is 4.79 Å². The van der Waals surface area contributed by atoms with Gasteiger partial charge in [0.1, 0.15) is 5.75 Å². The number of H-pyrrole nitrogens is 1. The largest absolute Gasteiger partial charge is 0.493 e. The maximum Gasteiger partial charge on any atom is 0.268 e. The molecule has 0 aliphatic heterocycles. The number of rotatable bonds is 4. The first-order valence-electron chi connectivity index (χ1n) is 5.68. The van der Waals surface area contributed by atoms with Crippen LogP contribution in [0.25, 0.3) is 11.3 Å². The molecule has 0 atom stereocenters. The van der Waals surface area contributed by atoms with Gasteiger partial charge in [-0.3, -0.25) is 4.79 Å². The average molecular weight is 262 g/mol. The second-order valence-electron chi connectivity index (χ2n) is 3.69. The normalized spacial score (nSPS) is 10.3. The standard InChI is InChI=1S/C13H14N2O2S/c1-2-17-12-6-4-3-5-10(12)11-7-9(8-18)13(16)15-14-11/h3-7,18H,2,8H2,1H3,(H,15,16). The highest BCUT2D eigenvalue weighted by Gasteiger charge is 2.09. The summed E-state index contributed by atoms with van der Waals surface area (Å²) < 4.78 is 5.54. The Kier molecular flexibility index (Phi) is 4.04. The van der Waals surface area contributed by atoms with Gasteiger partial charge >= 0.3 is 0 Å². The number of hydrogen-bond acceptors (Lipinski definition) is 4. The van der Waals surface area contributed by atoms with Crippen molar-refractivity contribution < 1.29 is 4.74 Å². The molecule has 94 valence electrons. The van der Waals surface area contributed by atoms with Crippen LogP contribution in [-0.2, 0) is 5.75 Å². The zero-order valence-corrected chi connectivity index (χ0v) is 10.9. The fourth-order valence-electron chi connectivity index (χ4n) is 1.66. The van der Waals surface area contributed by atoms with E-state index in [1.807, 2.05) is 31.2 Å². The van der Waals surface area contributed by atoms with Crippen molar-refractivity contribution >= 4 is 12.6 Å². The van der Waals surface area contributed by atoms with Gasteiger partial charge in [0, 0.05) is 16.9 Å². The average Bonchev–Trinajstić information content (AvgIpc) is 2.40. The molecule has 0 saturated heterocycles. The van der Waals surface area contributed by atoms with E-state index in [2.05, 4.69) is 22.8 Å². The number of ether oxygens (including phenoxy) is 1. The quantitative estimate of drug-likeness (QED) is 0.831. The maximum absolute atomic E-state index is 11.4. The van der Waals surface area contributed by atoms with Crippen molar-refractivity contribution in [3.8, 4) is 17.0 Å². The lowest BCUT2D eigenvalue weighted by molar-refractivity contribution is 0.341. The van der Waals surface area contributed by atoms with Gasteiger partial charge in [-0.25, -0.2) is 5.10 Å². The highest BCUT2D eigenvalue weighted by molar-refractivity contribution is 7.79. The number of nitrogens with one attached hydrogen (secondary N) is 1. The minimum Gasteiger partial charge on any atom is -0.493 e. The molecule has 0 spiro atoms. The van der Waals surface area contributed by atoms with Gasteiger partial charge in [0.2, 0.25) is 0 Å². The Morgan fingerprint density at radius 3 is 2.89 bits per heavy atom. The summed E-state index contributed by atoms with van der Waals surface area (Å²) in [4.78, 5) is 11.4. The molecule has 1 heterocycles. The Hall–Kier alpha value is -1.75. The van der Waals surface area contributed by atoms with Crippen molar-refractivity contribution in [3.63, 3.8) is 0 Å². The summed E-state index contributed by atoms with van der Waals surface area (Å²) in [6.45, 7) is 2.51. The molecule has 5 heteroatoms. The second-order valence-corrected chi connectivity index (χ2v) is 4.01. The minimum absolute atomic E-state index is 0.206. The summed E-state index contributed by atoms with van der Waals surface area (Å²) >= 11 is 4.13. The van der Waals surface area contributed by atoms with Crippen LogP contribution >= 0.6 is 12.6 Å². The third-order valence-electron chi connectivity index (χ3n) is 2.51. The van der Waals surface area contributed by atoms with Crippen molar-refractivity contribution in [3.05, 3.63) is 46.2 Å². The lowest BCUT2D eigenvalue weighted by atomic mass is 10.1. The van der Waals surface area contributed by atoms with Crippen LogP contribution in [0.2, 0.25) is 0 Å². The van der Waals surface area contributed by atoms with Crippen molar-refractivity contribution in [2.45, 2.75) is 12.7 Å². The van der Waals surface area contributed by atoms with Gasteiger partial charge in [-0.1, -0.05) is 12.1 Å². The van der Waals surface area contributed by atoms with Crippen molar-refractivity contribution in [1.29, 1.82) is 0 Å². The molecule has 1 N–H and O–H groups in total. The number of thiol groups is 1. The van der Waals surface area contributed by atoms with E-state index in [0.717, 1.165) is 11.3 Å². The molecule has 0 bridgehead atoms. The first-order chi connectivity index (χ1) is 8.76. The Bertz CT molecular complexity index is 596. The first kappa shape index (κ1) is 12.7. The molecule has 2 rings (SSSR count). The number of hydrogen-bond donors (Lipinski definition) is 2. The highest BCUT2D eigenvalue weighted by atomic mass is 32.1. The van der Waals surface area contributed by atoms with Crippen molar-refractivity contribution in [2.75, 3.05) is 6.61 Å². The Balaban J connectivity index is 2.51. The Morgan fingerprint density at radius 1 is 1.39 bits per heavy atom. The summed E-state index contributed by atoms with van der Waals surface area (Å²) in [7, 11) is 0. The summed E-state index contributed by atoms with van der Waals surface area (Å²) in [5.41, 5.74) is 1.93. The molecular formula is C13H14N2O2S. The zero-order valence-electron chi connectivity index (χ0n) is 10.0. The Labute approximate surface area is 110 Å². The molecule has 1 aromatic carbocycles. The fraction of sp³-hybridized carbons (Fsp3) is 0.231. The van der Waals surface area contributed by atoms with Crippen LogP contribution in [0, 0.1) is 0 Å². The topological polar surface area (TPSA) is 55.0 Å². The van der Waals surface area contributed by atoms with Crippen LogP contribution in [0.1, 0.15) is 12.5 Å². The number of aromatic amines is 1. The van der Waals surface area contributed by atoms with Crippen LogP contribution in [0.5, 0.6) is 5.75 Å². The SMILES string of the molecule is CCOc1ccccc1-c1cc(CS)c(=O)[nH]n1. The minimum atomic E-state index is -0.206. The highest BCUT2D eigenvalue weighted by Crippen LogP contribution is 2.27. The number of para-hydroxylation sites is 1. The zero-order chi connectivity index (χ0) is 13.0. The second kappa shape index (κ2) is 5.73. The van der Waals surface area contributed by atoms with Crippen LogP contribution in [0.4, 0.5) is 0 Å². The number of nitrogens with zero attached hydrogens (tertiary/aromatic N) is 1. The van der Waals surface area contributed by atoms with E-state index in [1.54, 1.807) is 6.07 Å². The van der Waals surface area contributed by atoms with Crippen LogP contribution in [0.3, 0.4) is 0 Å². The summed E-state index contributed by atoms with van der Waals surface area (Å²) in [6.07, 6.45) is 0. The lowest BCUT2D eigenvalue weighted by Gasteiger charge is -2.09. The molecule has 18 heavy (non-hydrogen) atoms. The van der Waals surface area contributed by atoms with E-state index in [4.69, 9.17) is 4.74 Å². The predicted octanol–water partition coefficient (Wildman–Crippen LogP) is 2.27. The molecule has 0 unspecified atom stereocenters. The molecule has 0 radical (unpaired) electrons. The number of aromatic nitrogens is 2. The lowest BCUT2D eigenvalue weighted by Crippen LogP contribution is -2.13. The van der Waals surface area contributed by atoms with Crippen LogP contribution in [-0.4, -0.2) is 16.8 Å². The molecule has 0 aliphatic carbocycles.